The molecule has 0 spiro atoms. The summed E-state index contributed by atoms with van der Waals surface area (Å²) in [5.74, 6) is -0.414. The summed E-state index contributed by atoms with van der Waals surface area (Å²) in [4.78, 5) is 10.8. The number of hydrogen-bond donors (Lipinski definition) is 2. The first-order valence-corrected chi connectivity index (χ1v) is 5.35. The van der Waals surface area contributed by atoms with Crippen LogP contribution >= 0.6 is 0 Å². The van der Waals surface area contributed by atoms with E-state index in [9.17, 15) is 4.79 Å². The number of carbonyl (C=O) groups is 1. The normalized spacial score (nSPS) is 12.1. The van der Waals surface area contributed by atoms with Crippen LogP contribution in [0.1, 0.15) is 18.9 Å². The lowest BCUT2D eigenvalue weighted by Gasteiger charge is -2.14. The second kappa shape index (κ2) is 6.12. The molecule has 0 saturated carbocycles. The highest BCUT2D eigenvalue weighted by molar-refractivity contribution is 5.72. The summed E-state index contributed by atoms with van der Waals surface area (Å²) < 4.78 is 5.34. The lowest BCUT2D eigenvalue weighted by Crippen LogP contribution is -2.29. The highest BCUT2D eigenvalue weighted by Crippen LogP contribution is 2.15. The summed E-state index contributed by atoms with van der Waals surface area (Å²) in [6.45, 7) is 2.36. The van der Waals surface area contributed by atoms with Crippen LogP contribution in [0.5, 0.6) is 5.75 Å². The van der Waals surface area contributed by atoms with Crippen molar-refractivity contribution in [3.05, 3.63) is 29.8 Å². The van der Waals surface area contributed by atoms with E-state index in [1.807, 2.05) is 12.1 Å². The van der Waals surface area contributed by atoms with Crippen molar-refractivity contribution in [3.63, 3.8) is 0 Å². The Balaban J connectivity index is 2.65. The van der Waals surface area contributed by atoms with Crippen molar-refractivity contribution in [1.29, 1.82) is 0 Å². The van der Waals surface area contributed by atoms with Crippen LogP contribution in [0.25, 0.3) is 0 Å². The van der Waals surface area contributed by atoms with E-state index in [1.54, 1.807) is 12.1 Å². The first kappa shape index (κ1) is 12.5. The Morgan fingerprint density at radius 2 is 2.06 bits per heavy atom. The topological polar surface area (TPSA) is 72.5 Å². The number of carboxylic acid groups (broad SMARTS) is 1. The molecule has 0 radical (unpaired) electrons. The number of nitrogens with two attached hydrogens (primary N) is 1. The minimum Gasteiger partial charge on any atom is -0.479 e. The van der Waals surface area contributed by atoms with Gasteiger partial charge in [-0.2, -0.15) is 0 Å². The van der Waals surface area contributed by atoms with E-state index < -0.39 is 12.1 Å². The zero-order valence-corrected chi connectivity index (χ0v) is 9.35. The third-order valence-corrected chi connectivity index (χ3v) is 2.31. The van der Waals surface area contributed by atoms with Crippen molar-refractivity contribution in [2.75, 3.05) is 6.54 Å². The zero-order chi connectivity index (χ0) is 12.0. The highest BCUT2D eigenvalue weighted by atomic mass is 16.5. The van der Waals surface area contributed by atoms with Gasteiger partial charge < -0.3 is 15.6 Å². The number of ether oxygens (including phenoxy) is 1. The first-order chi connectivity index (χ1) is 7.67. The van der Waals surface area contributed by atoms with Crippen LogP contribution in [0.3, 0.4) is 0 Å². The summed E-state index contributed by atoms with van der Waals surface area (Å²) in [5, 5.41) is 8.89. The predicted octanol–water partition coefficient (Wildman–Crippen LogP) is 1.43. The number of aryl methyl sites for hydroxylation is 1. The molecule has 88 valence electrons. The van der Waals surface area contributed by atoms with Gasteiger partial charge in [-0.25, -0.2) is 4.79 Å². The van der Waals surface area contributed by atoms with Crippen LogP contribution in [0.15, 0.2) is 24.3 Å². The summed E-state index contributed by atoms with van der Waals surface area (Å²) in [7, 11) is 0. The maximum atomic E-state index is 10.8. The summed E-state index contributed by atoms with van der Waals surface area (Å²) in [6.07, 6.45) is 0.397. The Morgan fingerprint density at radius 3 is 2.50 bits per heavy atom. The van der Waals surface area contributed by atoms with Gasteiger partial charge in [0.1, 0.15) is 5.75 Å². The van der Waals surface area contributed by atoms with Crippen LogP contribution in [0, 0.1) is 0 Å². The average Bonchev–Trinajstić information content (AvgIpc) is 2.29. The second-order valence-electron chi connectivity index (χ2n) is 3.52. The molecule has 4 nitrogen and oxygen atoms in total. The van der Waals surface area contributed by atoms with Gasteiger partial charge in [0.05, 0.1) is 0 Å². The van der Waals surface area contributed by atoms with E-state index in [2.05, 4.69) is 6.92 Å². The maximum Gasteiger partial charge on any atom is 0.344 e. The molecule has 1 atom stereocenters. The summed E-state index contributed by atoms with van der Waals surface area (Å²) >= 11 is 0. The summed E-state index contributed by atoms with van der Waals surface area (Å²) in [5.41, 5.74) is 6.52. The lowest BCUT2D eigenvalue weighted by atomic mass is 10.2. The third-order valence-electron chi connectivity index (χ3n) is 2.31. The van der Waals surface area contributed by atoms with E-state index in [1.165, 1.54) is 5.56 Å². The predicted molar refractivity (Wildman–Crippen MR) is 61.5 cm³/mol. The van der Waals surface area contributed by atoms with Gasteiger partial charge in [0.15, 0.2) is 6.10 Å². The van der Waals surface area contributed by atoms with E-state index in [-0.39, 0.29) is 0 Å². The Morgan fingerprint density at radius 1 is 1.44 bits per heavy atom. The van der Waals surface area contributed by atoms with Crippen LogP contribution in [0.2, 0.25) is 0 Å². The molecule has 0 aliphatic rings. The minimum absolute atomic E-state index is 0.296. The molecule has 0 aliphatic heterocycles. The molecule has 16 heavy (non-hydrogen) atoms. The molecule has 0 fully saturated rings. The largest absolute Gasteiger partial charge is 0.479 e. The van der Waals surface area contributed by atoms with Gasteiger partial charge in [-0.05, 0) is 30.7 Å². The van der Waals surface area contributed by atoms with Gasteiger partial charge in [-0.15, -0.1) is 0 Å². The molecule has 0 saturated heterocycles. The molecule has 0 heterocycles. The van der Waals surface area contributed by atoms with Crippen molar-refractivity contribution in [3.8, 4) is 5.75 Å². The van der Waals surface area contributed by atoms with Crippen LogP contribution in [-0.4, -0.2) is 23.7 Å². The fourth-order valence-corrected chi connectivity index (χ4v) is 1.35. The van der Waals surface area contributed by atoms with E-state index in [4.69, 9.17) is 15.6 Å². The third kappa shape index (κ3) is 3.55. The number of rotatable bonds is 6. The van der Waals surface area contributed by atoms with Crippen molar-refractivity contribution in [2.24, 2.45) is 5.73 Å². The second-order valence-corrected chi connectivity index (χ2v) is 3.52. The van der Waals surface area contributed by atoms with Gasteiger partial charge in [0, 0.05) is 6.42 Å². The molecule has 0 amide bonds. The van der Waals surface area contributed by atoms with Crippen LogP contribution in [0.4, 0.5) is 0 Å². The van der Waals surface area contributed by atoms with Crippen LogP contribution in [-0.2, 0) is 11.2 Å². The number of carboxylic acids is 1. The molecular weight excluding hydrogens is 206 g/mol. The van der Waals surface area contributed by atoms with Crippen LogP contribution < -0.4 is 10.5 Å². The maximum absolute atomic E-state index is 10.8. The number of aliphatic carboxylic acids is 1. The zero-order valence-electron chi connectivity index (χ0n) is 9.35. The average molecular weight is 223 g/mol. The standard InChI is InChI=1S/C12H17NO3/c1-2-9-3-5-10(6-4-9)16-11(7-8-13)12(14)15/h3-6,11H,2,7-8,13H2,1H3,(H,14,15). The van der Waals surface area contributed by atoms with Gasteiger partial charge in [0.2, 0.25) is 0 Å². The monoisotopic (exact) mass is 223 g/mol. The van der Waals surface area contributed by atoms with Gasteiger partial charge in [-0.1, -0.05) is 19.1 Å². The molecular formula is C12H17NO3. The summed E-state index contributed by atoms with van der Waals surface area (Å²) in [6, 6.07) is 7.42. The van der Waals surface area contributed by atoms with Crippen molar-refractivity contribution in [2.45, 2.75) is 25.9 Å². The van der Waals surface area contributed by atoms with Crippen molar-refractivity contribution >= 4 is 5.97 Å². The highest BCUT2D eigenvalue weighted by Gasteiger charge is 2.17. The molecule has 1 aromatic carbocycles. The fourth-order valence-electron chi connectivity index (χ4n) is 1.35. The van der Waals surface area contributed by atoms with E-state index in [0.717, 1.165) is 6.42 Å². The molecule has 0 aliphatic carbocycles. The Labute approximate surface area is 95.0 Å². The molecule has 1 aromatic rings. The SMILES string of the molecule is CCc1ccc(OC(CCN)C(=O)O)cc1. The minimum atomic E-state index is -0.981. The number of benzene rings is 1. The van der Waals surface area contributed by atoms with E-state index >= 15 is 0 Å². The molecule has 1 rings (SSSR count). The Bertz CT molecular complexity index is 335. The molecule has 0 aromatic heterocycles. The Hall–Kier alpha value is -1.55. The Kier molecular flexibility index (Phi) is 4.79. The quantitative estimate of drug-likeness (QED) is 0.765. The molecule has 3 N–H and O–H groups in total. The van der Waals surface area contributed by atoms with Gasteiger partial charge in [-0.3, -0.25) is 0 Å². The molecule has 1 unspecified atom stereocenters. The smallest absolute Gasteiger partial charge is 0.344 e. The van der Waals surface area contributed by atoms with Crippen molar-refractivity contribution < 1.29 is 14.6 Å². The molecule has 0 bridgehead atoms. The number of hydrogen-bond acceptors (Lipinski definition) is 3. The van der Waals surface area contributed by atoms with E-state index in [0.29, 0.717) is 18.7 Å². The lowest BCUT2D eigenvalue weighted by molar-refractivity contribution is -0.145. The fraction of sp³-hybridized carbons (Fsp3) is 0.417. The first-order valence-electron chi connectivity index (χ1n) is 5.35. The van der Waals surface area contributed by atoms with Gasteiger partial charge in [0.25, 0.3) is 0 Å². The molecule has 4 heteroatoms. The van der Waals surface area contributed by atoms with Gasteiger partial charge >= 0.3 is 5.97 Å². The van der Waals surface area contributed by atoms with Crippen molar-refractivity contribution in [1.82, 2.24) is 0 Å².